The summed E-state index contributed by atoms with van der Waals surface area (Å²) in [7, 11) is 0. The third-order valence-electron chi connectivity index (χ3n) is 2.02. The van der Waals surface area contributed by atoms with Crippen LogP contribution in [0.2, 0.25) is 5.02 Å². The van der Waals surface area contributed by atoms with Crippen LogP contribution < -0.4 is 5.32 Å². The quantitative estimate of drug-likeness (QED) is 0.631. The fraction of sp³-hybridized carbons (Fsp3) is 0.364. The molecule has 0 aliphatic heterocycles. The molecule has 0 unspecified atom stereocenters. The number of carbonyl (C=O) groups excluding carboxylic acids is 1. The number of unbranched alkanes of at least 4 members (excludes halogenated alkanes) is 1. The first-order valence-corrected chi connectivity index (χ1v) is 6.45. The van der Waals surface area contributed by atoms with E-state index >= 15 is 0 Å². The van der Waals surface area contributed by atoms with Gasteiger partial charge in [0.25, 0.3) is 0 Å². The van der Waals surface area contributed by atoms with E-state index in [1.807, 2.05) is 0 Å². The van der Waals surface area contributed by atoms with Crippen molar-refractivity contribution in [2.75, 3.05) is 11.9 Å². The third kappa shape index (κ3) is 4.67. The zero-order valence-electron chi connectivity index (χ0n) is 8.67. The van der Waals surface area contributed by atoms with Gasteiger partial charge in [-0.2, -0.15) is 0 Å². The van der Waals surface area contributed by atoms with Crippen molar-refractivity contribution in [1.82, 2.24) is 0 Å². The fourth-order valence-corrected chi connectivity index (χ4v) is 2.21. The molecular weight excluding hydrogens is 340 g/mol. The van der Waals surface area contributed by atoms with Gasteiger partial charge in [-0.1, -0.05) is 11.6 Å². The molecule has 16 heavy (non-hydrogen) atoms. The Morgan fingerprint density at radius 1 is 1.44 bits per heavy atom. The monoisotopic (exact) mass is 353 g/mol. The topological polar surface area (TPSA) is 49.3 Å². The molecular formula is C11H13ClINO2. The van der Waals surface area contributed by atoms with Crippen LogP contribution in [0.4, 0.5) is 5.69 Å². The van der Waals surface area contributed by atoms with E-state index in [-0.39, 0.29) is 12.5 Å². The summed E-state index contributed by atoms with van der Waals surface area (Å²) in [4.78, 5) is 11.5. The van der Waals surface area contributed by atoms with E-state index in [1.54, 1.807) is 18.2 Å². The van der Waals surface area contributed by atoms with E-state index in [0.717, 1.165) is 9.26 Å². The second-order valence-electron chi connectivity index (χ2n) is 3.35. The fourth-order valence-electron chi connectivity index (χ4n) is 1.20. The number of hydrogen-bond donors (Lipinski definition) is 2. The van der Waals surface area contributed by atoms with Crippen molar-refractivity contribution < 1.29 is 9.90 Å². The van der Waals surface area contributed by atoms with Gasteiger partial charge in [0.2, 0.25) is 5.91 Å². The highest BCUT2D eigenvalue weighted by Gasteiger charge is 2.05. The summed E-state index contributed by atoms with van der Waals surface area (Å²) < 4.78 is 0.917. The summed E-state index contributed by atoms with van der Waals surface area (Å²) in [5.41, 5.74) is 0.777. The molecule has 88 valence electrons. The molecule has 0 bridgehead atoms. The van der Waals surface area contributed by atoms with E-state index in [2.05, 4.69) is 27.9 Å². The van der Waals surface area contributed by atoms with Gasteiger partial charge in [-0.15, -0.1) is 0 Å². The zero-order valence-corrected chi connectivity index (χ0v) is 11.6. The largest absolute Gasteiger partial charge is 0.396 e. The molecule has 5 heteroatoms. The maximum atomic E-state index is 11.5. The minimum absolute atomic E-state index is 0.0336. The van der Waals surface area contributed by atoms with Gasteiger partial charge >= 0.3 is 0 Å². The Bertz CT molecular complexity index is 371. The number of rotatable bonds is 5. The van der Waals surface area contributed by atoms with Crippen LogP contribution in [0.15, 0.2) is 18.2 Å². The van der Waals surface area contributed by atoms with Crippen molar-refractivity contribution in [2.24, 2.45) is 0 Å². The average molecular weight is 354 g/mol. The first-order valence-electron chi connectivity index (χ1n) is 4.99. The standard InChI is InChI=1S/C11H13ClINO2/c12-8-4-5-10(9(13)7-8)14-11(16)3-1-2-6-15/h4-5,7,15H,1-3,6H2,(H,14,16). The van der Waals surface area contributed by atoms with Gasteiger partial charge in [0.15, 0.2) is 0 Å². The molecule has 1 aromatic carbocycles. The Hall–Kier alpha value is -0.330. The number of benzene rings is 1. The smallest absolute Gasteiger partial charge is 0.224 e. The highest BCUT2D eigenvalue weighted by atomic mass is 127. The van der Waals surface area contributed by atoms with Crippen LogP contribution in [0.5, 0.6) is 0 Å². The lowest BCUT2D eigenvalue weighted by Gasteiger charge is -2.07. The molecule has 0 aliphatic carbocycles. The highest BCUT2D eigenvalue weighted by molar-refractivity contribution is 14.1. The molecule has 0 fully saturated rings. The lowest BCUT2D eigenvalue weighted by molar-refractivity contribution is -0.116. The summed E-state index contributed by atoms with van der Waals surface area (Å²) >= 11 is 7.94. The normalized spacial score (nSPS) is 10.2. The summed E-state index contributed by atoms with van der Waals surface area (Å²) in [5.74, 6) is -0.0336. The van der Waals surface area contributed by atoms with E-state index in [0.29, 0.717) is 24.3 Å². The number of amides is 1. The van der Waals surface area contributed by atoms with Gasteiger partial charge in [-0.05, 0) is 53.6 Å². The van der Waals surface area contributed by atoms with Gasteiger partial charge < -0.3 is 10.4 Å². The van der Waals surface area contributed by atoms with Gasteiger partial charge in [-0.3, -0.25) is 4.79 Å². The summed E-state index contributed by atoms with van der Waals surface area (Å²) in [6, 6.07) is 5.33. The van der Waals surface area contributed by atoms with Gasteiger partial charge in [-0.25, -0.2) is 0 Å². The van der Waals surface area contributed by atoms with Crippen LogP contribution in [0.25, 0.3) is 0 Å². The van der Waals surface area contributed by atoms with Crippen molar-refractivity contribution in [2.45, 2.75) is 19.3 Å². The number of halogens is 2. The molecule has 2 N–H and O–H groups in total. The predicted octanol–water partition coefficient (Wildman–Crippen LogP) is 3.05. The van der Waals surface area contributed by atoms with Crippen LogP contribution in [0, 0.1) is 3.57 Å². The molecule has 1 amide bonds. The van der Waals surface area contributed by atoms with Crippen molar-refractivity contribution in [1.29, 1.82) is 0 Å². The minimum Gasteiger partial charge on any atom is -0.396 e. The van der Waals surface area contributed by atoms with Crippen molar-refractivity contribution in [3.8, 4) is 0 Å². The molecule has 0 aliphatic rings. The number of hydrogen-bond acceptors (Lipinski definition) is 2. The van der Waals surface area contributed by atoms with Crippen molar-refractivity contribution in [3.05, 3.63) is 26.8 Å². The lowest BCUT2D eigenvalue weighted by Crippen LogP contribution is -2.12. The molecule has 0 saturated carbocycles. The number of nitrogens with one attached hydrogen (secondary N) is 1. The molecule has 1 aromatic rings. The number of carbonyl (C=O) groups is 1. The molecule has 0 saturated heterocycles. The molecule has 0 aromatic heterocycles. The highest BCUT2D eigenvalue weighted by Crippen LogP contribution is 2.22. The summed E-state index contributed by atoms with van der Waals surface area (Å²) in [6.07, 6.45) is 1.79. The van der Waals surface area contributed by atoms with Crippen LogP contribution in [0.1, 0.15) is 19.3 Å². The summed E-state index contributed by atoms with van der Waals surface area (Å²) in [6.45, 7) is 0.131. The van der Waals surface area contributed by atoms with E-state index in [1.165, 1.54) is 0 Å². The Labute approximate surface area is 113 Å². The maximum absolute atomic E-state index is 11.5. The number of anilines is 1. The van der Waals surface area contributed by atoms with Gasteiger partial charge in [0.1, 0.15) is 0 Å². The minimum atomic E-state index is -0.0336. The summed E-state index contributed by atoms with van der Waals surface area (Å²) in [5, 5.41) is 12.1. The molecule has 1 rings (SSSR count). The molecule has 0 heterocycles. The molecule has 0 spiro atoms. The SMILES string of the molecule is O=C(CCCCO)Nc1ccc(Cl)cc1I. The van der Waals surface area contributed by atoms with E-state index in [9.17, 15) is 4.79 Å². The maximum Gasteiger partial charge on any atom is 0.224 e. The third-order valence-corrected chi connectivity index (χ3v) is 3.14. The van der Waals surface area contributed by atoms with E-state index < -0.39 is 0 Å². The Balaban J connectivity index is 2.49. The van der Waals surface area contributed by atoms with Crippen LogP contribution in [0.3, 0.4) is 0 Å². The number of aliphatic hydroxyl groups excluding tert-OH is 1. The Morgan fingerprint density at radius 2 is 2.19 bits per heavy atom. The first kappa shape index (κ1) is 13.7. The van der Waals surface area contributed by atoms with E-state index in [4.69, 9.17) is 16.7 Å². The lowest BCUT2D eigenvalue weighted by atomic mass is 10.2. The predicted molar refractivity (Wildman–Crippen MR) is 73.7 cm³/mol. The Kier molecular flexibility index (Phi) is 6.08. The Morgan fingerprint density at radius 3 is 2.81 bits per heavy atom. The average Bonchev–Trinajstić information content (AvgIpc) is 2.23. The van der Waals surface area contributed by atoms with Crippen LogP contribution >= 0.6 is 34.2 Å². The van der Waals surface area contributed by atoms with Crippen LogP contribution in [-0.2, 0) is 4.79 Å². The second-order valence-corrected chi connectivity index (χ2v) is 4.95. The van der Waals surface area contributed by atoms with Crippen molar-refractivity contribution >= 4 is 45.8 Å². The first-order chi connectivity index (χ1) is 7.63. The number of aliphatic hydroxyl groups is 1. The van der Waals surface area contributed by atoms with Crippen molar-refractivity contribution in [3.63, 3.8) is 0 Å². The van der Waals surface area contributed by atoms with Gasteiger partial charge in [0, 0.05) is 21.6 Å². The molecule has 0 atom stereocenters. The molecule has 0 radical (unpaired) electrons. The van der Waals surface area contributed by atoms with Crippen LogP contribution in [-0.4, -0.2) is 17.6 Å². The second kappa shape index (κ2) is 7.09. The zero-order chi connectivity index (χ0) is 12.0. The molecule has 3 nitrogen and oxygen atoms in total. The van der Waals surface area contributed by atoms with Gasteiger partial charge in [0.05, 0.1) is 5.69 Å².